The summed E-state index contributed by atoms with van der Waals surface area (Å²) in [6.07, 6.45) is 5.48. The molecule has 0 unspecified atom stereocenters. The smallest absolute Gasteiger partial charge is 0.264 e. The van der Waals surface area contributed by atoms with Crippen LogP contribution in [0, 0.1) is 6.92 Å². The first-order valence-corrected chi connectivity index (χ1v) is 6.87. The highest BCUT2D eigenvalue weighted by Gasteiger charge is 1.98. The monoisotopic (exact) mass is 240 g/mol. The minimum Gasteiger partial charge on any atom is -0.270 e. The van der Waals surface area contributed by atoms with Crippen LogP contribution in [0.1, 0.15) is 17.5 Å². The molecule has 1 aromatic rings. The lowest BCUT2D eigenvalue weighted by atomic mass is 10.1. The Morgan fingerprint density at radius 1 is 1.25 bits per heavy atom. The van der Waals surface area contributed by atoms with Crippen LogP contribution in [0.4, 0.5) is 0 Å². The van der Waals surface area contributed by atoms with Crippen LogP contribution in [0.25, 0.3) is 6.08 Å². The van der Waals surface area contributed by atoms with E-state index in [1.54, 1.807) is 0 Å². The van der Waals surface area contributed by atoms with E-state index < -0.39 is 10.1 Å². The maximum atomic E-state index is 10.7. The molecule has 88 valence electrons. The highest BCUT2D eigenvalue weighted by Crippen LogP contribution is 2.05. The van der Waals surface area contributed by atoms with Crippen molar-refractivity contribution in [3.8, 4) is 0 Å². The van der Waals surface area contributed by atoms with Crippen molar-refractivity contribution in [3.05, 3.63) is 41.5 Å². The zero-order valence-corrected chi connectivity index (χ0v) is 10.3. The number of hydrogen-bond acceptors (Lipinski definition) is 3. The molecule has 1 aromatic carbocycles. The highest BCUT2D eigenvalue weighted by atomic mass is 32.2. The van der Waals surface area contributed by atoms with Crippen LogP contribution >= 0.6 is 0 Å². The summed E-state index contributed by atoms with van der Waals surface area (Å²) in [5.41, 5.74) is 2.32. The van der Waals surface area contributed by atoms with Crippen molar-refractivity contribution in [1.82, 2.24) is 0 Å². The fourth-order valence-electron chi connectivity index (χ4n) is 1.16. The first-order valence-electron chi connectivity index (χ1n) is 5.05. The lowest BCUT2D eigenvalue weighted by Crippen LogP contribution is -2.02. The molecular weight excluding hydrogens is 224 g/mol. The third kappa shape index (κ3) is 5.68. The molecule has 0 saturated carbocycles. The van der Waals surface area contributed by atoms with Gasteiger partial charge < -0.3 is 0 Å². The lowest BCUT2D eigenvalue weighted by Gasteiger charge is -1.97. The molecule has 0 aliphatic carbocycles. The fraction of sp³-hybridized carbons (Fsp3) is 0.333. The van der Waals surface area contributed by atoms with Gasteiger partial charge >= 0.3 is 0 Å². The topological polar surface area (TPSA) is 43.4 Å². The summed E-state index contributed by atoms with van der Waals surface area (Å²) in [5, 5.41) is 0. The molecule has 0 spiro atoms. The van der Waals surface area contributed by atoms with E-state index in [2.05, 4.69) is 4.18 Å². The maximum Gasteiger partial charge on any atom is 0.264 e. The van der Waals surface area contributed by atoms with Crippen molar-refractivity contribution in [3.63, 3.8) is 0 Å². The normalized spacial score (nSPS) is 12.1. The van der Waals surface area contributed by atoms with Crippen LogP contribution in [0.15, 0.2) is 30.3 Å². The van der Waals surface area contributed by atoms with E-state index in [4.69, 9.17) is 0 Å². The molecule has 0 saturated heterocycles. The molecule has 0 aliphatic heterocycles. The summed E-state index contributed by atoms with van der Waals surface area (Å²) in [6, 6.07) is 8.10. The van der Waals surface area contributed by atoms with Gasteiger partial charge in [0, 0.05) is 0 Å². The zero-order chi connectivity index (χ0) is 12.0. The second kappa shape index (κ2) is 5.82. The number of hydrogen-bond donors (Lipinski definition) is 0. The van der Waals surface area contributed by atoms with Gasteiger partial charge in [-0.05, 0) is 18.9 Å². The van der Waals surface area contributed by atoms with Crippen LogP contribution in [-0.4, -0.2) is 21.3 Å². The van der Waals surface area contributed by atoms with Crippen molar-refractivity contribution in [2.24, 2.45) is 0 Å². The van der Waals surface area contributed by atoms with Gasteiger partial charge in [0.05, 0.1) is 12.9 Å². The van der Waals surface area contributed by atoms with Gasteiger partial charge in [-0.15, -0.1) is 0 Å². The zero-order valence-electron chi connectivity index (χ0n) is 9.51. The number of aryl methyl sites for hydroxylation is 1. The Labute approximate surface area is 96.9 Å². The van der Waals surface area contributed by atoms with Gasteiger partial charge in [-0.2, -0.15) is 8.42 Å². The van der Waals surface area contributed by atoms with Gasteiger partial charge in [0.1, 0.15) is 0 Å². The summed E-state index contributed by atoms with van der Waals surface area (Å²) in [7, 11) is -3.31. The van der Waals surface area contributed by atoms with Gasteiger partial charge in [-0.25, -0.2) is 0 Å². The standard InChI is InChI=1S/C12H16O3S/c1-11-6-8-12(9-7-11)5-3-4-10-15-16(2,13)14/h3,5-9H,4,10H2,1-2H3/b5-3-. The van der Waals surface area contributed by atoms with Crippen molar-refractivity contribution in [2.45, 2.75) is 13.3 Å². The Bertz CT molecular complexity index is 444. The quantitative estimate of drug-likeness (QED) is 0.586. The molecule has 3 nitrogen and oxygen atoms in total. The van der Waals surface area contributed by atoms with Gasteiger partial charge in [0.15, 0.2) is 0 Å². The van der Waals surface area contributed by atoms with E-state index in [0.717, 1.165) is 11.8 Å². The van der Waals surface area contributed by atoms with Crippen molar-refractivity contribution >= 4 is 16.2 Å². The minimum atomic E-state index is -3.31. The fourth-order valence-corrected chi connectivity index (χ4v) is 1.56. The second-order valence-electron chi connectivity index (χ2n) is 3.63. The van der Waals surface area contributed by atoms with Crippen molar-refractivity contribution in [2.75, 3.05) is 12.9 Å². The molecule has 0 atom stereocenters. The predicted octanol–water partition coefficient (Wildman–Crippen LogP) is 2.37. The molecule has 1 rings (SSSR count). The van der Waals surface area contributed by atoms with Crippen LogP contribution in [0.3, 0.4) is 0 Å². The molecule has 0 aliphatic rings. The molecule has 16 heavy (non-hydrogen) atoms. The van der Waals surface area contributed by atoms with E-state index in [9.17, 15) is 8.42 Å². The van der Waals surface area contributed by atoms with Gasteiger partial charge in [0.2, 0.25) is 0 Å². The van der Waals surface area contributed by atoms with E-state index in [1.807, 2.05) is 43.3 Å². The molecule has 0 fully saturated rings. The molecule has 0 radical (unpaired) electrons. The Kier molecular flexibility index (Phi) is 4.71. The molecule has 0 bridgehead atoms. The first-order chi connectivity index (χ1) is 7.47. The highest BCUT2D eigenvalue weighted by molar-refractivity contribution is 7.85. The Hall–Kier alpha value is -1.13. The molecule has 0 amide bonds. The van der Waals surface area contributed by atoms with Crippen LogP contribution < -0.4 is 0 Å². The van der Waals surface area contributed by atoms with E-state index >= 15 is 0 Å². The third-order valence-electron chi connectivity index (χ3n) is 1.97. The summed E-state index contributed by atoms with van der Waals surface area (Å²) in [6.45, 7) is 2.23. The Morgan fingerprint density at radius 3 is 2.44 bits per heavy atom. The molecule has 4 heteroatoms. The Morgan fingerprint density at radius 2 is 1.88 bits per heavy atom. The van der Waals surface area contributed by atoms with Crippen molar-refractivity contribution < 1.29 is 12.6 Å². The molecular formula is C12H16O3S. The van der Waals surface area contributed by atoms with Gasteiger partial charge in [0.25, 0.3) is 10.1 Å². The van der Waals surface area contributed by atoms with E-state index in [-0.39, 0.29) is 6.61 Å². The molecule has 0 aromatic heterocycles. The SMILES string of the molecule is Cc1ccc(/C=C\CCOS(C)(=O)=O)cc1. The number of rotatable bonds is 5. The van der Waals surface area contributed by atoms with Crippen LogP contribution in [0.5, 0.6) is 0 Å². The largest absolute Gasteiger partial charge is 0.270 e. The van der Waals surface area contributed by atoms with Gasteiger partial charge in [-0.1, -0.05) is 42.0 Å². The van der Waals surface area contributed by atoms with E-state index in [1.165, 1.54) is 5.56 Å². The second-order valence-corrected chi connectivity index (χ2v) is 5.27. The third-order valence-corrected chi connectivity index (χ3v) is 2.56. The van der Waals surface area contributed by atoms with Crippen LogP contribution in [-0.2, 0) is 14.3 Å². The first kappa shape index (κ1) is 12.9. The van der Waals surface area contributed by atoms with Crippen LogP contribution in [0.2, 0.25) is 0 Å². The average molecular weight is 240 g/mol. The maximum absolute atomic E-state index is 10.7. The Balaban J connectivity index is 2.35. The lowest BCUT2D eigenvalue weighted by molar-refractivity contribution is 0.329. The van der Waals surface area contributed by atoms with Gasteiger partial charge in [-0.3, -0.25) is 4.18 Å². The summed E-state index contributed by atoms with van der Waals surface area (Å²) >= 11 is 0. The van der Waals surface area contributed by atoms with E-state index in [0.29, 0.717) is 6.42 Å². The summed E-state index contributed by atoms with van der Waals surface area (Å²) in [5.74, 6) is 0. The summed E-state index contributed by atoms with van der Waals surface area (Å²) in [4.78, 5) is 0. The molecule has 0 heterocycles. The summed E-state index contributed by atoms with van der Waals surface area (Å²) < 4.78 is 25.9. The molecule has 0 N–H and O–H groups in total. The predicted molar refractivity (Wildman–Crippen MR) is 65.6 cm³/mol. The average Bonchev–Trinajstić information content (AvgIpc) is 2.19. The number of benzene rings is 1. The minimum absolute atomic E-state index is 0.196. The van der Waals surface area contributed by atoms with Crippen molar-refractivity contribution in [1.29, 1.82) is 0 Å².